The highest BCUT2D eigenvalue weighted by molar-refractivity contribution is 6.05. The van der Waals surface area contributed by atoms with Gasteiger partial charge in [-0.1, -0.05) is 12.1 Å². The summed E-state index contributed by atoms with van der Waals surface area (Å²) in [7, 11) is 0. The molecule has 9 nitrogen and oxygen atoms in total. The SMILES string of the molecule is O=C1CCC(N2Cc3ccc(COC(=O)Nc4ccc(OC(F)(F)F)cc4)cc3C2=O)C(=O)N1. The van der Waals surface area contributed by atoms with Crippen LogP contribution in [0.15, 0.2) is 42.5 Å². The van der Waals surface area contributed by atoms with Gasteiger partial charge in [0.15, 0.2) is 0 Å². The summed E-state index contributed by atoms with van der Waals surface area (Å²) in [5.74, 6) is -1.65. The van der Waals surface area contributed by atoms with Gasteiger partial charge in [-0.3, -0.25) is 25.0 Å². The highest BCUT2D eigenvalue weighted by Crippen LogP contribution is 2.28. The predicted octanol–water partition coefficient (Wildman–Crippen LogP) is 3.09. The van der Waals surface area contributed by atoms with Crippen LogP contribution in [-0.4, -0.2) is 41.1 Å². The van der Waals surface area contributed by atoms with Crippen LogP contribution in [0.4, 0.5) is 23.7 Å². The molecule has 2 aromatic rings. The molecule has 4 amide bonds. The van der Waals surface area contributed by atoms with Gasteiger partial charge in [-0.15, -0.1) is 13.2 Å². The Morgan fingerprint density at radius 3 is 2.53 bits per heavy atom. The molecule has 2 heterocycles. The van der Waals surface area contributed by atoms with Crippen molar-refractivity contribution in [1.82, 2.24) is 10.2 Å². The van der Waals surface area contributed by atoms with Crippen LogP contribution in [0.3, 0.4) is 0 Å². The molecule has 2 N–H and O–H groups in total. The van der Waals surface area contributed by atoms with E-state index in [1.54, 1.807) is 18.2 Å². The van der Waals surface area contributed by atoms with Crippen molar-refractivity contribution in [3.8, 4) is 5.75 Å². The molecule has 0 saturated carbocycles. The van der Waals surface area contributed by atoms with E-state index in [9.17, 15) is 32.3 Å². The largest absolute Gasteiger partial charge is 0.573 e. The maximum Gasteiger partial charge on any atom is 0.573 e. The van der Waals surface area contributed by atoms with Crippen LogP contribution in [0, 0.1) is 0 Å². The van der Waals surface area contributed by atoms with E-state index in [0.717, 1.165) is 12.1 Å². The van der Waals surface area contributed by atoms with Crippen LogP contribution in [0.1, 0.15) is 34.3 Å². The number of fused-ring (bicyclic) bond motifs is 1. The highest BCUT2D eigenvalue weighted by atomic mass is 19.4. The molecule has 1 saturated heterocycles. The zero-order valence-electron chi connectivity index (χ0n) is 17.5. The van der Waals surface area contributed by atoms with Crippen LogP contribution < -0.4 is 15.4 Å². The number of amides is 4. The molecule has 34 heavy (non-hydrogen) atoms. The smallest absolute Gasteiger partial charge is 0.444 e. The summed E-state index contributed by atoms with van der Waals surface area (Å²) in [4.78, 5) is 49.7. The second-order valence-electron chi connectivity index (χ2n) is 7.66. The summed E-state index contributed by atoms with van der Waals surface area (Å²) in [5, 5.41) is 4.61. The van der Waals surface area contributed by atoms with Crippen LogP contribution in [-0.2, 0) is 27.5 Å². The summed E-state index contributed by atoms with van der Waals surface area (Å²) in [5.41, 5.74) is 1.82. The van der Waals surface area contributed by atoms with Crippen molar-refractivity contribution in [2.24, 2.45) is 0 Å². The van der Waals surface area contributed by atoms with E-state index in [1.807, 2.05) is 0 Å². The first-order chi connectivity index (χ1) is 16.1. The number of carbonyl (C=O) groups excluding carboxylic acids is 4. The maximum atomic E-state index is 12.8. The Bertz CT molecular complexity index is 1150. The molecule has 178 valence electrons. The lowest BCUT2D eigenvalue weighted by atomic mass is 10.0. The van der Waals surface area contributed by atoms with Gasteiger partial charge in [0.05, 0.1) is 0 Å². The van der Waals surface area contributed by atoms with E-state index in [1.165, 1.54) is 17.0 Å². The minimum Gasteiger partial charge on any atom is -0.444 e. The Kier molecular flexibility index (Phi) is 6.14. The van der Waals surface area contributed by atoms with Crippen molar-refractivity contribution in [3.05, 3.63) is 59.2 Å². The van der Waals surface area contributed by atoms with Crippen LogP contribution >= 0.6 is 0 Å². The molecule has 0 radical (unpaired) electrons. The second-order valence-corrected chi connectivity index (χ2v) is 7.66. The molecule has 1 atom stereocenters. The number of carbonyl (C=O) groups is 4. The van der Waals surface area contributed by atoms with Crippen molar-refractivity contribution in [1.29, 1.82) is 0 Å². The Labute approximate surface area is 190 Å². The maximum absolute atomic E-state index is 12.8. The molecule has 1 unspecified atom stereocenters. The summed E-state index contributed by atoms with van der Waals surface area (Å²) >= 11 is 0. The quantitative estimate of drug-likeness (QED) is 0.640. The molecule has 2 aliphatic rings. The van der Waals surface area contributed by atoms with Gasteiger partial charge in [-0.05, 0) is 47.9 Å². The van der Waals surface area contributed by atoms with Crippen LogP contribution in [0.25, 0.3) is 0 Å². The summed E-state index contributed by atoms with van der Waals surface area (Å²) < 4.78 is 45.5. The zero-order chi connectivity index (χ0) is 24.5. The Balaban J connectivity index is 1.33. The number of halogens is 3. The molecule has 4 rings (SSSR count). The molecule has 1 fully saturated rings. The minimum atomic E-state index is -4.82. The third-order valence-electron chi connectivity index (χ3n) is 5.30. The minimum absolute atomic E-state index is 0.156. The van der Waals surface area contributed by atoms with E-state index in [0.29, 0.717) is 16.7 Å². The van der Waals surface area contributed by atoms with E-state index in [-0.39, 0.29) is 43.5 Å². The van der Waals surface area contributed by atoms with Crippen molar-refractivity contribution in [3.63, 3.8) is 0 Å². The monoisotopic (exact) mass is 477 g/mol. The molecule has 0 aliphatic carbocycles. The van der Waals surface area contributed by atoms with E-state index in [2.05, 4.69) is 15.4 Å². The lowest BCUT2D eigenvalue weighted by Crippen LogP contribution is -2.52. The first-order valence-corrected chi connectivity index (χ1v) is 10.1. The van der Waals surface area contributed by atoms with Gasteiger partial charge in [0.1, 0.15) is 18.4 Å². The number of rotatable bonds is 5. The summed E-state index contributed by atoms with van der Waals surface area (Å²) in [6.07, 6.45) is -5.25. The van der Waals surface area contributed by atoms with Gasteiger partial charge in [-0.2, -0.15) is 0 Å². The normalized spacial score (nSPS) is 17.8. The van der Waals surface area contributed by atoms with E-state index < -0.39 is 30.2 Å². The number of anilines is 1. The molecule has 0 spiro atoms. The molecule has 12 heteroatoms. The van der Waals surface area contributed by atoms with Gasteiger partial charge in [0, 0.05) is 24.2 Å². The fraction of sp³-hybridized carbons (Fsp3) is 0.273. The molecule has 0 bridgehead atoms. The number of nitrogens with zero attached hydrogens (tertiary/aromatic N) is 1. The lowest BCUT2D eigenvalue weighted by molar-refractivity contribution is -0.274. The Hall–Kier alpha value is -4.09. The number of imide groups is 1. The van der Waals surface area contributed by atoms with Gasteiger partial charge in [0.25, 0.3) is 5.91 Å². The molecular formula is C22H18F3N3O6. The average molecular weight is 477 g/mol. The predicted molar refractivity (Wildman–Crippen MR) is 109 cm³/mol. The fourth-order valence-corrected chi connectivity index (χ4v) is 3.73. The Morgan fingerprint density at radius 2 is 1.85 bits per heavy atom. The second kappa shape index (κ2) is 9.04. The average Bonchev–Trinajstić information content (AvgIpc) is 3.08. The van der Waals surface area contributed by atoms with Crippen molar-refractivity contribution >= 4 is 29.5 Å². The number of benzene rings is 2. The van der Waals surface area contributed by atoms with Gasteiger partial charge in [0.2, 0.25) is 11.8 Å². The molecule has 2 aromatic carbocycles. The number of nitrogens with one attached hydrogen (secondary N) is 2. The fourth-order valence-electron chi connectivity index (χ4n) is 3.73. The number of hydrogen-bond donors (Lipinski definition) is 2. The Morgan fingerprint density at radius 1 is 1.12 bits per heavy atom. The topological polar surface area (TPSA) is 114 Å². The summed E-state index contributed by atoms with van der Waals surface area (Å²) in [6, 6.07) is 8.76. The number of piperidine rings is 1. The first kappa shape index (κ1) is 23.1. The van der Waals surface area contributed by atoms with E-state index in [4.69, 9.17) is 4.74 Å². The number of hydrogen-bond acceptors (Lipinski definition) is 6. The first-order valence-electron chi connectivity index (χ1n) is 10.1. The number of ether oxygens (including phenoxy) is 2. The van der Waals surface area contributed by atoms with Crippen molar-refractivity contribution in [2.45, 2.75) is 38.4 Å². The highest BCUT2D eigenvalue weighted by Gasteiger charge is 2.39. The number of alkyl halides is 3. The molecule has 0 aromatic heterocycles. The van der Waals surface area contributed by atoms with Crippen molar-refractivity contribution < 1.29 is 41.8 Å². The van der Waals surface area contributed by atoms with Crippen LogP contribution in [0.2, 0.25) is 0 Å². The standard InChI is InChI=1S/C22H18F3N3O6/c23-22(24,25)34-15-5-3-14(4-6-15)26-21(32)33-11-12-1-2-13-10-28(20(31)16(13)9-12)17-7-8-18(29)27-19(17)30/h1-6,9,17H,7-8,10-11H2,(H,26,32)(H,27,29,30). The molecule has 2 aliphatic heterocycles. The van der Waals surface area contributed by atoms with Gasteiger partial charge < -0.3 is 14.4 Å². The lowest BCUT2D eigenvalue weighted by Gasteiger charge is -2.29. The zero-order valence-corrected chi connectivity index (χ0v) is 17.5. The van der Waals surface area contributed by atoms with Gasteiger partial charge in [-0.25, -0.2) is 4.79 Å². The third kappa shape index (κ3) is 5.27. The third-order valence-corrected chi connectivity index (χ3v) is 5.30. The van der Waals surface area contributed by atoms with Crippen molar-refractivity contribution in [2.75, 3.05) is 5.32 Å². The van der Waals surface area contributed by atoms with Crippen LogP contribution in [0.5, 0.6) is 5.75 Å². The summed E-state index contributed by atoms with van der Waals surface area (Å²) in [6.45, 7) is 0.0657. The molecular weight excluding hydrogens is 459 g/mol. The van der Waals surface area contributed by atoms with Gasteiger partial charge >= 0.3 is 12.5 Å². The van der Waals surface area contributed by atoms with E-state index >= 15 is 0 Å².